The van der Waals surface area contributed by atoms with Gasteiger partial charge in [0.2, 0.25) is 0 Å². The van der Waals surface area contributed by atoms with E-state index in [4.69, 9.17) is 5.73 Å². The third-order valence-electron chi connectivity index (χ3n) is 4.61. The van der Waals surface area contributed by atoms with E-state index < -0.39 is 0 Å². The molecule has 2 rings (SSSR count). The van der Waals surface area contributed by atoms with Crippen molar-refractivity contribution < 1.29 is 0 Å². The first-order valence-corrected chi connectivity index (χ1v) is 6.97. The molecule has 0 radical (unpaired) electrons. The van der Waals surface area contributed by atoms with E-state index in [9.17, 15) is 0 Å². The lowest BCUT2D eigenvalue weighted by atomic mass is 9.70. The van der Waals surface area contributed by atoms with Gasteiger partial charge in [-0.05, 0) is 50.0 Å². The lowest BCUT2D eigenvalue weighted by molar-refractivity contribution is 0.0434. The van der Waals surface area contributed by atoms with E-state index in [-0.39, 0.29) is 0 Å². The molecule has 2 heteroatoms. The zero-order valence-electron chi connectivity index (χ0n) is 11.2. The topological polar surface area (TPSA) is 29.3 Å². The van der Waals surface area contributed by atoms with Crippen LogP contribution in [0.4, 0.5) is 0 Å². The van der Waals surface area contributed by atoms with Crippen LogP contribution in [0.1, 0.15) is 52.9 Å². The molecular weight excluding hydrogens is 196 g/mol. The fraction of sp³-hybridized carbons (Fsp3) is 1.00. The molecule has 1 aliphatic carbocycles. The van der Waals surface area contributed by atoms with Gasteiger partial charge in [-0.1, -0.05) is 20.8 Å². The molecule has 1 heterocycles. The minimum Gasteiger partial charge on any atom is -0.327 e. The van der Waals surface area contributed by atoms with Gasteiger partial charge in [0, 0.05) is 18.6 Å². The van der Waals surface area contributed by atoms with Crippen LogP contribution in [0.25, 0.3) is 0 Å². The second kappa shape index (κ2) is 4.66. The molecule has 0 aromatic rings. The number of nitrogens with zero attached hydrogens (tertiary/aromatic N) is 1. The summed E-state index contributed by atoms with van der Waals surface area (Å²) >= 11 is 0. The monoisotopic (exact) mass is 224 g/mol. The number of hydrogen-bond donors (Lipinski definition) is 1. The summed E-state index contributed by atoms with van der Waals surface area (Å²) in [5, 5.41) is 0. The fourth-order valence-corrected chi connectivity index (χ4v) is 3.82. The van der Waals surface area contributed by atoms with E-state index in [1.807, 2.05) is 0 Å². The Balaban J connectivity index is 1.94. The number of rotatable bonds is 1. The standard InChI is InChI=1S/C14H28N2/c1-11-9-14(2,3)7-6-13(11)16-8-4-5-12(15)10-16/h11-13H,4-10,15H2,1-3H3. The van der Waals surface area contributed by atoms with Crippen LogP contribution in [0, 0.1) is 11.3 Å². The second-order valence-electron chi connectivity index (χ2n) is 6.85. The SMILES string of the molecule is CC1CC(C)(C)CCC1N1CCCC(N)C1. The maximum Gasteiger partial charge on any atom is 0.0168 e. The van der Waals surface area contributed by atoms with Crippen molar-refractivity contribution in [2.24, 2.45) is 17.1 Å². The molecule has 3 atom stereocenters. The summed E-state index contributed by atoms with van der Waals surface area (Å²) in [6, 6.07) is 1.23. The molecule has 2 N–H and O–H groups in total. The van der Waals surface area contributed by atoms with Crippen LogP contribution >= 0.6 is 0 Å². The number of likely N-dealkylation sites (tertiary alicyclic amines) is 1. The summed E-state index contributed by atoms with van der Waals surface area (Å²) in [6.45, 7) is 9.69. The first-order chi connectivity index (χ1) is 7.48. The number of hydrogen-bond acceptors (Lipinski definition) is 2. The Morgan fingerprint density at radius 3 is 2.62 bits per heavy atom. The van der Waals surface area contributed by atoms with Crippen LogP contribution in [0.3, 0.4) is 0 Å². The highest BCUT2D eigenvalue weighted by Gasteiger charge is 2.36. The van der Waals surface area contributed by atoms with Gasteiger partial charge in [0.05, 0.1) is 0 Å². The highest BCUT2D eigenvalue weighted by atomic mass is 15.2. The minimum atomic E-state index is 0.427. The van der Waals surface area contributed by atoms with E-state index >= 15 is 0 Å². The van der Waals surface area contributed by atoms with Gasteiger partial charge in [-0.2, -0.15) is 0 Å². The van der Waals surface area contributed by atoms with Gasteiger partial charge in [-0.25, -0.2) is 0 Å². The zero-order chi connectivity index (χ0) is 11.8. The molecule has 0 aromatic heterocycles. The number of nitrogens with two attached hydrogens (primary N) is 1. The molecule has 3 unspecified atom stereocenters. The minimum absolute atomic E-state index is 0.427. The Morgan fingerprint density at radius 2 is 2.00 bits per heavy atom. The van der Waals surface area contributed by atoms with Crippen molar-refractivity contribution in [1.82, 2.24) is 4.90 Å². The molecular formula is C14H28N2. The summed E-state index contributed by atoms with van der Waals surface area (Å²) in [6.07, 6.45) is 6.66. The second-order valence-corrected chi connectivity index (χ2v) is 6.85. The maximum absolute atomic E-state index is 6.09. The van der Waals surface area contributed by atoms with Gasteiger partial charge in [0.15, 0.2) is 0 Å². The Morgan fingerprint density at radius 1 is 1.25 bits per heavy atom. The van der Waals surface area contributed by atoms with E-state index in [1.54, 1.807) is 0 Å². The Bertz CT molecular complexity index is 237. The van der Waals surface area contributed by atoms with Crippen molar-refractivity contribution in [3.8, 4) is 0 Å². The van der Waals surface area contributed by atoms with E-state index in [0.29, 0.717) is 11.5 Å². The summed E-state index contributed by atoms with van der Waals surface area (Å²) < 4.78 is 0. The molecule has 2 nitrogen and oxygen atoms in total. The van der Waals surface area contributed by atoms with Crippen molar-refractivity contribution in [3.05, 3.63) is 0 Å². The smallest absolute Gasteiger partial charge is 0.0168 e. The molecule has 0 bridgehead atoms. The predicted molar refractivity (Wildman–Crippen MR) is 69.4 cm³/mol. The van der Waals surface area contributed by atoms with Crippen molar-refractivity contribution in [1.29, 1.82) is 0 Å². The molecule has 16 heavy (non-hydrogen) atoms. The molecule has 2 fully saturated rings. The van der Waals surface area contributed by atoms with Crippen LogP contribution in [-0.4, -0.2) is 30.1 Å². The lowest BCUT2D eigenvalue weighted by Gasteiger charge is -2.46. The summed E-state index contributed by atoms with van der Waals surface area (Å²) in [4.78, 5) is 2.67. The van der Waals surface area contributed by atoms with Crippen molar-refractivity contribution in [3.63, 3.8) is 0 Å². The quantitative estimate of drug-likeness (QED) is 0.742. The van der Waals surface area contributed by atoms with Gasteiger partial charge in [-0.15, -0.1) is 0 Å². The van der Waals surface area contributed by atoms with Gasteiger partial charge in [0.1, 0.15) is 0 Å². The third-order valence-corrected chi connectivity index (χ3v) is 4.61. The third kappa shape index (κ3) is 2.78. The molecule has 0 spiro atoms. The molecule has 1 saturated carbocycles. The van der Waals surface area contributed by atoms with Gasteiger partial charge < -0.3 is 5.73 Å². The van der Waals surface area contributed by atoms with Gasteiger partial charge in [0.25, 0.3) is 0 Å². The maximum atomic E-state index is 6.09. The van der Waals surface area contributed by atoms with Crippen LogP contribution < -0.4 is 5.73 Å². The highest BCUT2D eigenvalue weighted by molar-refractivity contribution is 4.90. The molecule has 1 saturated heterocycles. The fourth-order valence-electron chi connectivity index (χ4n) is 3.82. The summed E-state index contributed by atoms with van der Waals surface area (Å²) in [7, 11) is 0. The van der Waals surface area contributed by atoms with Crippen LogP contribution in [-0.2, 0) is 0 Å². The van der Waals surface area contributed by atoms with E-state index in [2.05, 4.69) is 25.7 Å². The van der Waals surface area contributed by atoms with E-state index in [1.165, 1.54) is 38.6 Å². The van der Waals surface area contributed by atoms with Crippen molar-refractivity contribution in [2.75, 3.05) is 13.1 Å². The molecule has 0 amide bonds. The number of piperidine rings is 1. The van der Waals surface area contributed by atoms with Gasteiger partial charge in [-0.3, -0.25) is 4.90 Å². The molecule has 2 aliphatic rings. The molecule has 0 aromatic carbocycles. The summed E-state index contributed by atoms with van der Waals surface area (Å²) in [5.41, 5.74) is 6.65. The zero-order valence-corrected chi connectivity index (χ0v) is 11.2. The lowest BCUT2D eigenvalue weighted by Crippen LogP contribution is -2.51. The van der Waals surface area contributed by atoms with Crippen LogP contribution in [0.2, 0.25) is 0 Å². The highest BCUT2D eigenvalue weighted by Crippen LogP contribution is 2.40. The van der Waals surface area contributed by atoms with Crippen molar-refractivity contribution >= 4 is 0 Å². The summed E-state index contributed by atoms with van der Waals surface area (Å²) in [5.74, 6) is 0.842. The first-order valence-electron chi connectivity index (χ1n) is 6.97. The van der Waals surface area contributed by atoms with Crippen LogP contribution in [0.15, 0.2) is 0 Å². The predicted octanol–water partition coefficient (Wildman–Crippen LogP) is 2.62. The molecule has 94 valence electrons. The van der Waals surface area contributed by atoms with E-state index in [0.717, 1.165) is 18.5 Å². The van der Waals surface area contributed by atoms with Gasteiger partial charge >= 0.3 is 0 Å². The van der Waals surface area contributed by atoms with Crippen molar-refractivity contribution in [2.45, 2.75) is 65.0 Å². The normalized spacial score (nSPS) is 40.9. The average Bonchev–Trinajstić information content (AvgIpc) is 2.15. The Hall–Kier alpha value is -0.0800. The Kier molecular flexibility index (Phi) is 3.60. The molecule has 1 aliphatic heterocycles. The first kappa shape index (κ1) is 12.4. The average molecular weight is 224 g/mol. The largest absolute Gasteiger partial charge is 0.327 e. The Labute approximate surface area is 101 Å². The van der Waals surface area contributed by atoms with Crippen LogP contribution in [0.5, 0.6) is 0 Å².